The molecule has 29 heavy (non-hydrogen) atoms. The van der Waals surface area contributed by atoms with Crippen molar-refractivity contribution in [2.24, 2.45) is 0 Å². The Morgan fingerprint density at radius 1 is 0.966 bits per heavy atom. The van der Waals surface area contributed by atoms with E-state index in [2.05, 4.69) is 9.88 Å². The average molecular weight is 406 g/mol. The van der Waals surface area contributed by atoms with E-state index in [1.807, 2.05) is 48.7 Å². The molecule has 1 N–H and O–H groups in total. The maximum atomic E-state index is 12.3. The molecule has 1 saturated heterocycles. The van der Waals surface area contributed by atoms with Crippen molar-refractivity contribution in [3.05, 3.63) is 66.5 Å². The summed E-state index contributed by atoms with van der Waals surface area (Å²) in [5, 5.41) is 7.12. The number of benzene rings is 1. The number of piperidine rings is 1. The third kappa shape index (κ3) is 7.40. The first kappa shape index (κ1) is 22.1. The molecule has 1 aliphatic heterocycles. The summed E-state index contributed by atoms with van der Waals surface area (Å²) in [7, 11) is 0. The molecular formula is C21H21F3N2O3. The number of carboxylic acids is 1. The van der Waals surface area contributed by atoms with E-state index in [0.717, 1.165) is 24.3 Å². The van der Waals surface area contributed by atoms with Crippen LogP contribution in [0.4, 0.5) is 13.2 Å². The lowest BCUT2D eigenvalue weighted by molar-refractivity contribution is -0.192. The number of hydrogen-bond acceptors (Lipinski definition) is 4. The van der Waals surface area contributed by atoms with Gasteiger partial charge in [-0.2, -0.15) is 13.2 Å². The summed E-state index contributed by atoms with van der Waals surface area (Å²) >= 11 is 0. The molecule has 2 heterocycles. The molecule has 1 aromatic heterocycles. The van der Waals surface area contributed by atoms with Crippen LogP contribution < -0.4 is 0 Å². The molecule has 0 saturated carbocycles. The van der Waals surface area contributed by atoms with E-state index in [1.165, 1.54) is 19.3 Å². The summed E-state index contributed by atoms with van der Waals surface area (Å²) < 4.78 is 31.7. The summed E-state index contributed by atoms with van der Waals surface area (Å²) in [4.78, 5) is 27.9. The van der Waals surface area contributed by atoms with Gasteiger partial charge in [0.05, 0.1) is 5.69 Å². The van der Waals surface area contributed by atoms with Crippen LogP contribution in [0.25, 0.3) is 11.3 Å². The number of alkyl halides is 3. The Hall–Kier alpha value is -3.16. The van der Waals surface area contributed by atoms with E-state index >= 15 is 0 Å². The lowest BCUT2D eigenvalue weighted by Gasteiger charge is -2.24. The summed E-state index contributed by atoms with van der Waals surface area (Å²) in [6.45, 7) is 2.09. The second kappa shape index (κ2) is 10.4. The number of aliphatic carboxylic acids is 1. The molecule has 0 unspecified atom stereocenters. The molecule has 1 aliphatic rings. The second-order valence-corrected chi connectivity index (χ2v) is 6.35. The van der Waals surface area contributed by atoms with E-state index in [1.54, 1.807) is 12.1 Å². The number of carbonyl (C=O) groups excluding carboxylic acids is 1. The van der Waals surface area contributed by atoms with Crippen LogP contribution in [0.3, 0.4) is 0 Å². The summed E-state index contributed by atoms with van der Waals surface area (Å²) in [5.74, 6) is -2.80. The SMILES string of the molecule is O=C(C=CN1CCCCC1)c1cccc(-c2ccccc2)n1.O=C(O)C(F)(F)F. The quantitative estimate of drug-likeness (QED) is 0.595. The molecule has 0 spiro atoms. The minimum absolute atomic E-state index is 0.0386. The van der Waals surface area contributed by atoms with Gasteiger partial charge in [-0.25, -0.2) is 9.78 Å². The lowest BCUT2D eigenvalue weighted by atomic mass is 10.1. The van der Waals surface area contributed by atoms with Gasteiger partial charge in [0.2, 0.25) is 5.78 Å². The Kier molecular flexibility index (Phi) is 7.94. The Labute approximate surface area is 166 Å². The highest BCUT2D eigenvalue weighted by atomic mass is 19.4. The molecule has 2 aromatic rings. The zero-order valence-electron chi connectivity index (χ0n) is 15.6. The highest BCUT2D eigenvalue weighted by Gasteiger charge is 2.38. The van der Waals surface area contributed by atoms with Gasteiger partial charge in [0.25, 0.3) is 0 Å². The number of nitrogens with zero attached hydrogens (tertiary/aromatic N) is 2. The van der Waals surface area contributed by atoms with Gasteiger partial charge in [-0.05, 0) is 31.4 Å². The Morgan fingerprint density at radius 2 is 1.59 bits per heavy atom. The van der Waals surface area contributed by atoms with Crippen LogP contribution in [-0.4, -0.2) is 46.0 Å². The molecule has 1 fully saturated rings. The van der Waals surface area contributed by atoms with E-state index in [4.69, 9.17) is 9.90 Å². The first-order valence-electron chi connectivity index (χ1n) is 9.06. The van der Waals surface area contributed by atoms with Gasteiger partial charge in [0, 0.05) is 30.9 Å². The highest BCUT2D eigenvalue weighted by molar-refractivity contribution is 6.03. The predicted molar refractivity (Wildman–Crippen MR) is 102 cm³/mol. The lowest BCUT2D eigenvalue weighted by Crippen LogP contribution is -2.24. The molecule has 1 aromatic carbocycles. The fraction of sp³-hybridized carbons (Fsp3) is 0.286. The summed E-state index contributed by atoms with van der Waals surface area (Å²) in [6.07, 6.45) is 2.18. The van der Waals surface area contributed by atoms with Crippen LogP contribution in [0.5, 0.6) is 0 Å². The van der Waals surface area contributed by atoms with Crippen molar-refractivity contribution < 1.29 is 27.9 Å². The van der Waals surface area contributed by atoms with Crippen LogP contribution in [-0.2, 0) is 4.79 Å². The number of hydrogen-bond donors (Lipinski definition) is 1. The van der Waals surface area contributed by atoms with E-state index in [0.29, 0.717) is 5.69 Å². The van der Waals surface area contributed by atoms with Gasteiger partial charge in [0.1, 0.15) is 5.69 Å². The van der Waals surface area contributed by atoms with Crippen LogP contribution in [0, 0.1) is 0 Å². The molecule has 8 heteroatoms. The monoisotopic (exact) mass is 406 g/mol. The van der Waals surface area contributed by atoms with Crippen molar-refractivity contribution in [3.63, 3.8) is 0 Å². The van der Waals surface area contributed by atoms with E-state index in [-0.39, 0.29) is 5.78 Å². The number of likely N-dealkylation sites (tertiary alicyclic amines) is 1. The van der Waals surface area contributed by atoms with Crippen molar-refractivity contribution in [2.45, 2.75) is 25.4 Å². The van der Waals surface area contributed by atoms with Crippen LogP contribution in [0.2, 0.25) is 0 Å². The Bertz CT molecular complexity index is 846. The molecule has 0 aliphatic carbocycles. The standard InChI is InChI=1S/C19H20N2O.C2HF3O2/c22-19(12-15-21-13-5-2-6-14-21)18-11-7-10-17(20-18)16-8-3-1-4-9-16;3-2(4,5)1(6)7/h1,3-4,7-12,15H,2,5-6,13-14H2;(H,6,7). The van der Waals surface area contributed by atoms with Crippen molar-refractivity contribution in [3.8, 4) is 11.3 Å². The minimum atomic E-state index is -5.08. The third-order valence-electron chi connectivity index (χ3n) is 4.14. The van der Waals surface area contributed by atoms with Crippen LogP contribution >= 0.6 is 0 Å². The largest absolute Gasteiger partial charge is 0.490 e. The molecule has 0 atom stereocenters. The topological polar surface area (TPSA) is 70.5 Å². The number of allylic oxidation sites excluding steroid dienone is 1. The van der Waals surface area contributed by atoms with Gasteiger partial charge in [-0.15, -0.1) is 0 Å². The summed E-state index contributed by atoms with van der Waals surface area (Å²) in [5.41, 5.74) is 2.35. The number of rotatable bonds is 4. The van der Waals surface area contributed by atoms with Gasteiger partial charge >= 0.3 is 12.1 Å². The van der Waals surface area contributed by atoms with Crippen molar-refractivity contribution in [1.29, 1.82) is 0 Å². The molecule has 0 radical (unpaired) electrons. The second-order valence-electron chi connectivity index (χ2n) is 6.35. The van der Waals surface area contributed by atoms with Crippen molar-refractivity contribution in [1.82, 2.24) is 9.88 Å². The Morgan fingerprint density at radius 3 is 2.17 bits per heavy atom. The maximum Gasteiger partial charge on any atom is 0.490 e. The number of halogens is 3. The average Bonchev–Trinajstić information content (AvgIpc) is 2.73. The fourth-order valence-corrected chi connectivity index (χ4v) is 2.67. The molecule has 0 amide bonds. The molecular weight excluding hydrogens is 385 g/mol. The smallest absolute Gasteiger partial charge is 0.475 e. The molecule has 154 valence electrons. The predicted octanol–water partition coefficient (Wildman–Crippen LogP) is 4.56. The fourth-order valence-electron chi connectivity index (χ4n) is 2.67. The zero-order valence-corrected chi connectivity index (χ0v) is 15.6. The third-order valence-corrected chi connectivity index (χ3v) is 4.14. The summed E-state index contributed by atoms with van der Waals surface area (Å²) in [6, 6.07) is 15.5. The van der Waals surface area contributed by atoms with Crippen molar-refractivity contribution >= 4 is 11.8 Å². The number of carboxylic acid groups (broad SMARTS) is 1. The molecule has 0 bridgehead atoms. The first-order chi connectivity index (χ1) is 13.8. The van der Waals surface area contributed by atoms with Gasteiger partial charge < -0.3 is 10.0 Å². The van der Waals surface area contributed by atoms with Gasteiger partial charge in [-0.1, -0.05) is 36.4 Å². The maximum absolute atomic E-state index is 12.3. The number of ketones is 1. The number of pyridine rings is 1. The Balaban J connectivity index is 0.000000370. The van der Waals surface area contributed by atoms with E-state index in [9.17, 15) is 18.0 Å². The number of aromatic nitrogens is 1. The van der Waals surface area contributed by atoms with Crippen LogP contribution in [0.15, 0.2) is 60.8 Å². The number of carbonyl (C=O) groups is 2. The van der Waals surface area contributed by atoms with Gasteiger partial charge in [-0.3, -0.25) is 4.79 Å². The molecule has 3 rings (SSSR count). The van der Waals surface area contributed by atoms with Gasteiger partial charge in [0.15, 0.2) is 0 Å². The minimum Gasteiger partial charge on any atom is -0.475 e. The molecule has 5 nitrogen and oxygen atoms in total. The van der Waals surface area contributed by atoms with Crippen LogP contribution in [0.1, 0.15) is 29.8 Å². The normalized spacial score (nSPS) is 14.2. The highest BCUT2D eigenvalue weighted by Crippen LogP contribution is 2.17. The van der Waals surface area contributed by atoms with Crippen molar-refractivity contribution in [2.75, 3.05) is 13.1 Å². The van der Waals surface area contributed by atoms with E-state index < -0.39 is 12.1 Å². The zero-order chi connectivity index (χ0) is 21.3. The first-order valence-corrected chi connectivity index (χ1v) is 9.06.